The molecule has 11 aromatic rings. The van der Waals surface area contributed by atoms with Gasteiger partial charge in [0.25, 0.3) is 0 Å². The Morgan fingerprint density at radius 2 is 0.966 bits per heavy atom. The molecule has 0 N–H and O–H groups in total. The maximum atomic E-state index is 6.39. The quantitative estimate of drug-likeness (QED) is 0.176. The molecule has 8 aromatic carbocycles. The van der Waals surface area contributed by atoms with Gasteiger partial charge in [0, 0.05) is 49.3 Å². The lowest BCUT2D eigenvalue weighted by Gasteiger charge is -2.21. The predicted molar refractivity (Wildman–Crippen MR) is 243 cm³/mol. The topological polar surface area (TPSA) is 43.9 Å². The molecule has 4 nitrogen and oxygen atoms in total. The van der Waals surface area contributed by atoms with Gasteiger partial charge in [-0.3, -0.25) is 0 Å². The first-order valence-corrected chi connectivity index (χ1v) is 20.2. The number of aromatic nitrogens is 3. The first-order valence-electron chi connectivity index (χ1n) is 20.2. The number of para-hydroxylation sites is 2. The highest BCUT2D eigenvalue weighted by Crippen LogP contribution is 2.53. The molecular weight excluding hydrogens is 719 g/mol. The van der Waals surface area contributed by atoms with E-state index in [0.717, 1.165) is 66.8 Å². The summed E-state index contributed by atoms with van der Waals surface area (Å²) in [5.74, 6) is 0.705. The number of fused-ring (bicyclic) bond motifs is 9. The Balaban J connectivity index is 1.01. The summed E-state index contributed by atoms with van der Waals surface area (Å²) in [5, 5.41) is 4.78. The zero-order chi connectivity index (χ0) is 39.2. The molecule has 0 atom stereocenters. The van der Waals surface area contributed by atoms with Gasteiger partial charge < -0.3 is 8.98 Å². The number of hydrogen-bond donors (Lipinski definition) is 0. The van der Waals surface area contributed by atoms with Crippen LogP contribution in [0.2, 0.25) is 0 Å². The Morgan fingerprint density at radius 1 is 0.407 bits per heavy atom. The summed E-state index contributed by atoms with van der Waals surface area (Å²) in [4.78, 5) is 10.1. The van der Waals surface area contributed by atoms with Gasteiger partial charge in [-0.05, 0) is 94.0 Å². The molecule has 12 rings (SSSR count). The Bertz CT molecular complexity index is 3380. The molecule has 0 aliphatic heterocycles. The summed E-state index contributed by atoms with van der Waals surface area (Å²) >= 11 is 0. The van der Waals surface area contributed by atoms with Gasteiger partial charge in [-0.15, -0.1) is 0 Å². The molecule has 0 saturated heterocycles. The maximum absolute atomic E-state index is 6.39. The molecule has 1 aliphatic rings. The molecule has 59 heavy (non-hydrogen) atoms. The van der Waals surface area contributed by atoms with Gasteiger partial charge in [0.1, 0.15) is 11.2 Å². The SMILES string of the molecule is CC1(C)c2cc3oc4ccccc4c3cc2-c2cc3c4cc(-c5ccc(-c6nc(-c7ccccc7)cc(-c7ccccc7)n6)cc5)ccc4n(-c4ccccc4)c3cc21. The molecule has 0 radical (unpaired) electrons. The number of furan rings is 1. The Kier molecular flexibility index (Phi) is 7.24. The minimum Gasteiger partial charge on any atom is -0.456 e. The van der Waals surface area contributed by atoms with Crippen LogP contribution in [-0.2, 0) is 5.41 Å². The molecule has 3 heterocycles. The normalized spacial score (nSPS) is 13.1. The fourth-order valence-electron chi connectivity index (χ4n) is 9.40. The van der Waals surface area contributed by atoms with E-state index in [1.807, 2.05) is 18.2 Å². The Morgan fingerprint density at radius 3 is 1.66 bits per heavy atom. The van der Waals surface area contributed by atoms with Crippen LogP contribution in [-0.4, -0.2) is 14.5 Å². The summed E-state index contributed by atoms with van der Waals surface area (Å²) in [6.07, 6.45) is 0. The van der Waals surface area contributed by atoms with Crippen molar-refractivity contribution >= 4 is 43.7 Å². The van der Waals surface area contributed by atoms with Crippen LogP contribution < -0.4 is 0 Å². The molecule has 0 fully saturated rings. The molecule has 0 unspecified atom stereocenters. The van der Waals surface area contributed by atoms with E-state index >= 15 is 0 Å². The van der Waals surface area contributed by atoms with Gasteiger partial charge in [0.2, 0.25) is 0 Å². The number of nitrogens with zero attached hydrogens (tertiary/aromatic N) is 3. The Labute approximate surface area is 341 Å². The van der Waals surface area contributed by atoms with Crippen molar-refractivity contribution in [3.8, 4) is 61.8 Å². The number of benzene rings is 8. The van der Waals surface area contributed by atoms with Crippen LogP contribution in [0.1, 0.15) is 25.0 Å². The zero-order valence-electron chi connectivity index (χ0n) is 32.6. The standard InChI is InChI=1S/C55H37N3O/c1-55(2)46-31-51-44(29-41(46)42-30-45-40-20-12-13-21-52(40)59-53(45)32-47(42)55)43-28-38(26-27-50(43)58(51)39-18-10-5-11-19-39)34-22-24-37(25-23-34)54-56-48(35-14-6-3-7-15-35)33-49(57-54)36-16-8-4-9-17-36/h3-33H,1-2H3. The van der Waals surface area contributed by atoms with E-state index in [1.165, 1.54) is 44.1 Å². The number of hydrogen-bond acceptors (Lipinski definition) is 3. The second-order valence-electron chi connectivity index (χ2n) is 16.2. The fourth-order valence-corrected chi connectivity index (χ4v) is 9.40. The molecule has 0 saturated carbocycles. The van der Waals surface area contributed by atoms with Crippen molar-refractivity contribution in [3.63, 3.8) is 0 Å². The highest BCUT2D eigenvalue weighted by atomic mass is 16.3. The van der Waals surface area contributed by atoms with Crippen LogP contribution in [0.4, 0.5) is 0 Å². The third kappa shape index (κ3) is 5.23. The van der Waals surface area contributed by atoms with Crippen molar-refractivity contribution in [1.29, 1.82) is 0 Å². The van der Waals surface area contributed by atoms with Crippen LogP contribution in [0.5, 0.6) is 0 Å². The van der Waals surface area contributed by atoms with E-state index in [2.05, 4.69) is 188 Å². The predicted octanol–water partition coefficient (Wildman–Crippen LogP) is 14.4. The number of rotatable bonds is 5. The van der Waals surface area contributed by atoms with Crippen LogP contribution in [0.15, 0.2) is 192 Å². The molecule has 3 aromatic heterocycles. The van der Waals surface area contributed by atoms with E-state index in [0.29, 0.717) is 5.82 Å². The summed E-state index contributed by atoms with van der Waals surface area (Å²) in [5.41, 5.74) is 17.6. The van der Waals surface area contributed by atoms with Gasteiger partial charge in [-0.1, -0.05) is 141 Å². The third-order valence-corrected chi connectivity index (χ3v) is 12.4. The van der Waals surface area contributed by atoms with Crippen molar-refractivity contribution in [2.45, 2.75) is 19.3 Å². The maximum Gasteiger partial charge on any atom is 0.160 e. The second-order valence-corrected chi connectivity index (χ2v) is 16.2. The summed E-state index contributed by atoms with van der Waals surface area (Å²) < 4.78 is 8.82. The smallest absolute Gasteiger partial charge is 0.160 e. The molecule has 0 bridgehead atoms. The van der Waals surface area contributed by atoms with Gasteiger partial charge in [-0.2, -0.15) is 0 Å². The van der Waals surface area contributed by atoms with Crippen molar-refractivity contribution in [2.75, 3.05) is 0 Å². The van der Waals surface area contributed by atoms with Crippen molar-refractivity contribution < 1.29 is 4.42 Å². The lowest BCUT2D eigenvalue weighted by Crippen LogP contribution is -2.15. The van der Waals surface area contributed by atoms with Crippen molar-refractivity contribution in [2.24, 2.45) is 0 Å². The highest BCUT2D eigenvalue weighted by Gasteiger charge is 2.37. The molecule has 1 aliphatic carbocycles. The largest absolute Gasteiger partial charge is 0.456 e. The second kappa shape index (κ2) is 12.7. The molecule has 0 spiro atoms. The van der Waals surface area contributed by atoms with Crippen LogP contribution in [0.25, 0.3) is 106 Å². The molecule has 4 heteroatoms. The minimum absolute atomic E-state index is 0.205. The first kappa shape index (κ1) is 33.6. The van der Waals surface area contributed by atoms with E-state index < -0.39 is 0 Å². The van der Waals surface area contributed by atoms with E-state index in [4.69, 9.17) is 14.4 Å². The van der Waals surface area contributed by atoms with Crippen molar-refractivity contribution in [3.05, 3.63) is 199 Å². The average molecular weight is 756 g/mol. The summed E-state index contributed by atoms with van der Waals surface area (Å²) in [6, 6.07) is 67.0. The van der Waals surface area contributed by atoms with Gasteiger partial charge in [-0.25, -0.2) is 9.97 Å². The van der Waals surface area contributed by atoms with Gasteiger partial charge in [0.05, 0.1) is 22.4 Å². The van der Waals surface area contributed by atoms with Crippen LogP contribution in [0, 0.1) is 0 Å². The lowest BCUT2D eigenvalue weighted by atomic mass is 9.82. The molecular formula is C55H37N3O. The van der Waals surface area contributed by atoms with Crippen molar-refractivity contribution in [1.82, 2.24) is 14.5 Å². The monoisotopic (exact) mass is 755 g/mol. The van der Waals surface area contributed by atoms with Gasteiger partial charge in [0.15, 0.2) is 5.82 Å². The lowest BCUT2D eigenvalue weighted by molar-refractivity contribution is 0.647. The first-order chi connectivity index (χ1) is 29.0. The third-order valence-electron chi connectivity index (χ3n) is 12.4. The van der Waals surface area contributed by atoms with E-state index in [9.17, 15) is 0 Å². The summed E-state index contributed by atoms with van der Waals surface area (Å²) in [7, 11) is 0. The molecule has 278 valence electrons. The van der Waals surface area contributed by atoms with Crippen LogP contribution in [0.3, 0.4) is 0 Å². The molecule has 0 amide bonds. The Hall–Kier alpha value is -7.56. The minimum atomic E-state index is -0.205. The van der Waals surface area contributed by atoms with Crippen LogP contribution >= 0.6 is 0 Å². The van der Waals surface area contributed by atoms with E-state index in [1.54, 1.807) is 0 Å². The van der Waals surface area contributed by atoms with E-state index in [-0.39, 0.29) is 5.41 Å². The zero-order valence-corrected chi connectivity index (χ0v) is 32.6. The fraction of sp³-hybridized carbons (Fsp3) is 0.0545. The van der Waals surface area contributed by atoms with Gasteiger partial charge >= 0.3 is 0 Å². The highest BCUT2D eigenvalue weighted by molar-refractivity contribution is 6.14. The average Bonchev–Trinajstić information content (AvgIpc) is 3.90. The summed E-state index contributed by atoms with van der Waals surface area (Å²) in [6.45, 7) is 4.70.